The van der Waals surface area contributed by atoms with Crippen LogP contribution in [0.5, 0.6) is 0 Å². The molecular formula is C17H22IN3. The Labute approximate surface area is 140 Å². The van der Waals surface area contributed by atoms with Crippen molar-refractivity contribution in [3.63, 3.8) is 0 Å². The summed E-state index contributed by atoms with van der Waals surface area (Å²) < 4.78 is 2.17. The highest BCUT2D eigenvalue weighted by Crippen LogP contribution is 2.26. The molecule has 1 heterocycles. The Kier molecular flexibility index (Phi) is 6.68. The lowest BCUT2D eigenvalue weighted by molar-refractivity contribution is 0.916. The average Bonchev–Trinajstić information content (AvgIpc) is 2.77. The number of aliphatic imine (C=N–C) groups is 1. The number of hydrogen-bond acceptors (Lipinski definition) is 2. The van der Waals surface area contributed by atoms with Crippen LogP contribution >= 0.6 is 22.6 Å². The van der Waals surface area contributed by atoms with Gasteiger partial charge in [0.15, 0.2) is 0 Å². The second kappa shape index (κ2) is 8.02. The molecule has 4 heteroatoms. The van der Waals surface area contributed by atoms with Crippen molar-refractivity contribution in [3.05, 3.63) is 54.0 Å². The fourth-order valence-corrected chi connectivity index (χ4v) is 2.22. The molecule has 0 spiro atoms. The number of hydrogen-bond donors (Lipinski definition) is 1. The largest absolute Gasteiger partial charge is 0.404 e. The summed E-state index contributed by atoms with van der Waals surface area (Å²) in [6.07, 6.45) is 5.04. The molecule has 0 atom stereocenters. The molecule has 21 heavy (non-hydrogen) atoms. The molecule has 112 valence electrons. The molecule has 0 aliphatic carbocycles. The fourth-order valence-electron chi connectivity index (χ4n) is 2.22. The molecule has 0 saturated heterocycles. The molecular weight excluding hydrogens is 373 g/mol. The topological polar surface area (TPSA) is 43.3 Å². The maximum absolute atomic E-state index is 5.59. The number of nitrogens with two attached hydrogens (primary N) is 1. The van der Waals surface area contributed by atoms with Crippen molar-refractivity contribution in [1.29, 1.82) is 0 Å². The molecule has 0 saturated carbocycles. The quantitative estimate of drug-likeness (QED) is 0.467. The summed E-state index contributed by atoms with van der Waals surface area (Å²) >= 11 is 2.15. The van der Waals surface area contributed by atoms with E-state index in [0.717, 1.165) is 16.7 Å². The standard InChI is InChI=1S/C16H19N3.CH3I/c1-5-18-10-15-12(3)19(4)16-8-13(11(2)9-17)6-7-14(15)16;1-2/h5-10H,1,17H2,2-4H3;1H3/b11-9+,18-10?;. The molecule has 0 radical (unpaired) electrons. The maximum atomic E-state index is 5.59. The predicted molar refractivity (Wildman–Crippen MR) is 103 cm³/mol. The van der Waals surface area contributed by atoms with E-state index in [0.29, 0.717) is 0 Å². The van der Waals surface area contributed by atoms with Crippen molar-refractivity contribution in [2.45, 2.75) is 13.8 Å². The third kappa shape index (κ3) is 3.56. The Morgan fingerprint density at radius 2 is 2.05 bits per heavy atom. The molecule has 0 fully saturated rings. The van der Waals surface area contributed by atoms with E-state index in [2.05, 4.69) is 70.9 Å². The van der Waals surface area contributed by atoms with E-state index < -0.39 is 0 Å². The highest BCUT2D eigenvalue weighted by atomic mass is 127. The van der Waals surface area contributed by atoms with Crippen LogP contribution < -0.4 is 5.73 Å². The first-order valence-electron chi connectivity index (χ1n) is 6.60. The lowest BCUT2D eigenvalue weighted by Crippen LogP contribution is -1.92. The van der Waals surface area contributed by atoms with Crippen LogP contribution in [-0.2, 0) is 7.05 Å². The number of aromatic nitrogens is 1. The Morgan fingerprint density at radius 1 is 1.38 bits per heavy atom. The van der Waals surface area contributed by atoms with Crippen molar-refractivity contribution >= 4 is 45.3 Å². The number of benzene rings is 1. The van der Waals surface area contributed by atoms with Crippen molar-refractivity contribution in [2.75, 3.05) is 4.93 Å². The minimum atomic E-state index is 1.07. The maximum Gasteiger partial charge on any atom is 0.0492 e. The van der Waals surface area contributed by atoms with Crippen LogP contribution in [0.1, 0.15) is 23.7 Å². The number of rotatable bonds is 3. The second-order valence-electron chi connectivity index (χ2n) is 4.60. The van der Waals surface area contributed by atoms with Gasteiger partial charge in [0.2, 0.25) is 0 Å². The SMILES string of the molecule is C=CN=Cc1c(C)n(C)c2cc(/C(C)=C/N)ccc12.CI. The van der Waals surface area contributed by atoms with E-state index in [1.54, 1.807) is 12.4 Å². The van der Waals surface area contributed by atoms with Gasteiger partial charge in [-0.15, -0.1) is 0 Å². The van der Waals surface area contributed by atoms with E-state index in [-0.39, 0.29) is 0 Å². The van der Waals surface area contributed by atoms with Crippen LogP contribution in [0.2, 0.25) is 0 Å². The van der Waals surface area contributed by atoms with Crippen molar-refractivity contribution in [3.8, 4) is 0 Å². The summed E-state index contributed by atoms with van der Waals surface area (Å²) in [6.45, 7) is 7.72. The van der Waals surface area contributed by atoms with Gasteiger partial charge in [0.05, 0.1) is 0 Å². The zero-order chi connectivity index (χ0) is 16.0. The lowest BCUT2D eigenvalue weighted by Gasteiger charge is -2.03. The molecule has 3 nitrogen and oxygen atoms in total. The Hall–Kier alpha value is -1.56. The van der Waals surface area contributed by atoms with Gasteiger partial charge in [0.25, 0.3) is 0 Å². The summed E-state index contributed by atoms with van der Waals surface area (Å²) in [5.74, 6) is 0. The highest BCUT2D eigenvalue weighted by molar-refractivity contribution is 14.1. The van der Waals surface area contributed by atoms with Crippen LogP contribution in [0.4, 0.5) is 0 Å². The van der Waals surface area contributed by atoms with Crippen LogP contribution in [0.15, 0.2) is 42.2 Å². The van der Waals surface area contributed by atoms with Gasteiger partial charge < -0.3 is 10.3 Å². The van der Waals surface area contributed by atoms with Gasteiger partial charge in [0, 0.05) is 41.6 Å². The Morgan fingerprint density at radius 3 is 2.62 bits per heavy atom. The third-order valence-corrected chi connectivity index (χ3v) is 3.56. The van der Waals surface area contributed by atoms with Crippen LogP contribution in [0.3, 0.4) is 0 Å². The number of halogens is 1. The van der Waals surface area contributed by atoms with E-state index >= 15 is 0 Å². The van der Waals surface area contributed by atoms with E-state index in [9.17, 15) is 0 Å². The van der Waals surface area contributed by atoms with Gasteiger partial charge in [-0.1, -0.05) is 41.3 Å². The van der Waals surface area contributed by atoms with Crippen LogP contribution in [0.25, 0.3) is 16.5 Å². The summed E-state index contributed by atoms with van der Waals surface area (Å²) in [7, 11) is 2.06. The highest BCUT2D eigenvalue weighted by Gasteiger charge is 2.10. The Balaban J connectivity index is 0.00000106. The lowest BCUT2D eigenvalue weighted by atomic mass is 10.0. The van der Waals surface area contributed by atoms with Gasteiger partial charge in [-0.05, 0) is 42.2 Å². The molecule has 1 aromatic heterocycles. The fraction of sp³-hybridized carbons (Fsp3) is 0.235. The monoisotopic (exact) mass is 395 g/mol. The number of allylic oxidation sites excluding steroid dienone is 1. The molecule has 0 aliphatic heterocycles. The number of alkyl halides is 1. The molecule has 1 aromatic carbocycles. The van der Waals surface area contributed by atoms with Gasteiger partial charge >= 0.3 is 0 Å². The summed E-state index contributed by atoms with van der Waals surface area (Å²) in [6, 6.07) is 6.37. The molecule has 0 amide bonds. The van der Waals surface area contributed by atoms with Gasteiger partial charge in [-0.2, -0.15) is 0 Å². The smallest absolute Gasteiger partial charge is 0.0492 e. The minimum absolute atomic E-state index is 1.07. The normalized spacial score (nSPS) is 11.6. The molecule has 2 aromatic rings. The third-order valence-electron chi connectivity index (χ3n) is 3.56. The van der Waals surface area contributed by atoms with Gasteiger partial charge in [-0.3, -0.25) is 4.99 Å². The molecule has 0 bridgehead atoms. The first kappa shape index (κ1) is 17.5. The average molecular weight is 395 g/mol. The zero-order valence-corrected chi connectivity index (χ0v) is 15.2. The van der Waals surface area contributed by atoms with Crippen molar-refractivity contribution in [2.24, 2.45) is 17.8 Å². The van der Waals surface area contributed by atoms with Crippen LogP contribution in [-0.4, -0.2) is 15.7 Å². The van der Waals surface area contributed by atoms with Crippen molar-refractivity contribution in [1.82, 2.24) is 4.57 Å². The summed E-state index contributed by atoms with van der Waals surface area (Å²) in [4.78, 5) is 6.10. The number of nitrogens with zero attached hydrogens (tertiary/aromatic N) is 2. The number of fused-ring (bicyclic) bond motifs is 1. The molecule has 0 aliphatic rings. The van der Waals surface area contributed by atoms with Crippen molar-refractivity contribution < 1.29 is 0 Å². The summed E-state index contributed by atoms with van der Waals surface area (Å²) in [5.41, 5.74) is 11.3. The number of aryl methyl sites for hydroxylation is 1. The van der Waals surface area contributed by atoms with E-state index in [1.807, 2.05) is 18.1 Å². The van der Waals surface area contributed by atoms with Gasteiger partial charge in [-0.25, -0.2) is 0 Å². The molecule has 2 rings (SSSR count). The Bertz CT molecular complexity index is 694. The van der Waals surface area contributed by atoms with Crippen LogP contribution in [0, 0.1) is 6.92 Å². The first-order chi connectivity index (χ1) is 10.1. The molecule has 2 N–H and O–H groups in total. The minimum Gasteiger partial charge on any atom is -0.404 e. The molecule has 0 unspecified atom stereocenters. The van der Waals surface area contributed by atoms with E-state index in [4.69, 9.17) is 5.73 Å². The van der Waals surface area contributed by atoms with Gasteiger partial charge in [0.1, 0.15) is 0 Å². The second-order valence-corrected chi connectivity index (χ2v) is 4.60. The predicted octanol–water partition coefficient (Wildman–Crippen LogP) is 4.42. The first-order valence-corrected chi connectivity index (χ1v) is 8.75. The zero-order valence-electron chi connectivity index (χ0n) is 13.0. The summed E-state index contributed by atoms with van der Waals surface area (Å²) in [5, 5.41) is 1.19. The van der Waals surface area contributed by atoms with E-state index in [1.165, 1.54) is 16.6 Å².